The van der Waals surface area contributed by atoms with E-state index < -0.39 is 11.6 Å². The number of carbonyl (C=O) groups excluding carboxylic acids is 1. The van der Waals surface area contributed by atoms with Crippen molar-refractivity contribution in [2.24, 2.45) is 0 Å². The molecule has 17 heavy (non-hydrogen) atoms. The number of rotatable bonds is 0. The predicted octanol–water partition coefficient (Wildman–Crippen LogP) is 3.28. The summed E-state index contributed by atoms with van der Waals surface area (Å²) < 4.78 is 26.9. The summed E-state index contributed by atoms with van der Waals surface area (Å²) in [5.74, 6) is -0.798. The molecule has 0 heterocycles. The van der Waals surface area contributed by atoms with Crippen molar-refractivity contribution >= 4 is 5.78 Å². The molecule has 0 N–H and O–H groups in total. The van der Waals surface area contributed by atoms with Crippen molar-refractivity contribution in [3.63, 3.8) is 0 Å². The Morgan fingerprint density at radius 3 is 2.76 bits per heavy atom. The van der Waals surface area contributed by atoms with Crippen LogP contribution in [0.2, 0.25) is 0 Å². The molecular formula is C14H12F2O. The average molecular weight is 234 g/mol. The predicted molar refractivity (Wildman–Crippen MR) is 59.7 cm³/mol. The minimum atomic E-state index is -0.528. The van der Waals surface area contributed by atoms with E-state index >= 15 is 0 Å². The van der Waals surface area contributed by atoms with Crippen molar-refractivity contribution in [2.45, 2.75) is 31.6 Å². The summed E-state index contributed by atoms with van der Waals surface area (Å²) in [4.78, 5) is 11.3. The quantitative estimate of drug-likeness (QED) is 0.673. The van der Waals surface area contributed by atoms with Gasteiger partial charge >= 0.3 is 0 Å². The lowest BCUT2D eigenvalue weighted by Crippen LogP contribution is -2.20. The van der Waals surface area contributed by atoms with Gasteiger partial charge in [0.25, 0.3) is 0 Å². The lowest BCUT2D eigenvalue weighted by molar-refractivity contribution is -0.115. The Bertz CT molecular complexity index is 531. The second-order valence-corrected chi connectivity index (χ2v) is 4.73. The van der Waals surface area contributed by atoms with Crippen LogP contribution >= 0.6 is 0 Å². The Hall–Kier alpha value is -1.51. The third-order valence-electron chi connectivity index (χ3n) is 3.71. The topological polar surface area (TPSA) is 17.1 Å². The molecule has 0 aromatic heterocycles. The van der Waals surface area contributed by atoms with E-state index in [4.69, 9.17) is 0 Å². The fourth-order valence-electron chi connectivity index (χ4n) is 2.92. The zero-order valence-electron chi connectivity index (χ0n) is 9.30. The van der Waals surface area contributed by atoms with Gasteiger partial charge in [-0.2, -0.15) is 0 Å². The summed E-state index contributed by atoms with van der Waals surface area (Å²) in [7, 11) is 0. The van der Waals surface area contributed by atoms with Crippen molar-refractivity contribution in [1.82, 2.24) is 0 Å². The van der Waals surface area contributed by atoms with E-state index in [1.807, 2.05) is 0 Å². The van der Waals surface area contributed by atoms with Crippen molar-refractivity contribution in [3.8, 4) is 0 Å². The van der Waals surface area contributed by atoms with Gasteiger partial charge in [-0.05, 0) is 42.5 Å². The highest BCUT2D eigenvalue weighted by atomic mass is 19.1. The summed E-state index contributed by atoms with van der Waals surface area (Å²) in [6, 6.07) is 2.37. The van der Waals surface area contributed by atoms with Gasteiger partial charge in [0.15, 0.2) is 5.78 Å². The largest absolute Gasteiger partial charge is 0.295 e. The van der Waals surface area contributed by atoms with Gasteiger partial charge < -0.3 is 0 Å². The Balaban J connectivity index is 2.14. The summed E-state index contributed by atoms with van der Waals surface area (Å²) in [6.07, 6.45) is 4.11. The van der Waals surface area contributed by atoms with E-state index in [1.165, 1.54) is 6.07 Å². The third-order valence-corrected chi connectivity index (χ3v) is 3.71. The molecule has 0 spiro atoms. The maximum absolute atomic E-state index is 13.6. The maximum atomic E-state index is 13.6. The zero-order chi connectivity index (χ0) is 12.0. The van der Waals surface area contributed by atoms with Crippen LogP contribution in [0.3, 0.4) is 0 Å². The van der Waals surface area contributed by atoms with Crippen LogP contribution in [0, 0.1) is 11.6 Å². The van der Waals surface area contributed by atoms with Crippen LogP contribution < -0.4 is 0 Å². The van der Waals surface area contributed by atoms with Crippen LogP contribution in [0.1, 0.15) is 36.3 Å². The Morgan fingerprint density at radius 2 is 1.94 bits per heavy atom. The smallest absolute Gasteiger partial charge is 0.155 e. The molecule has 3 heteroatoms. The number of fused-ring (bicyclic) bond motifs is 3. The van der Waals surface area contributed by atoms with Gasteiger partial charge in [-0.15, -0.1) is 0 Å². The van der Waals surface area contributed by atoms with E-state index in [9.17, 15) is 13.6 Å². The fraction of sp³-hybridized carbons (Fsp3) is 0.357. The normalized spacial score (nSPS) is 22.8. The lowest BCUT2D eigenvalue weighted by atomic mass is 9.73. The fourth-order valence-corrected chi connectivity index (χ4v) is 2.92. The van der Waals surface area contributed by atoms with Crippen LogP contribution in [0.4, 0.5) is 8.78 Å². The SMILES string of the molecule is O=C1C=C2CCc3c(F)cc(F)cc3C2CC1. The molecule has 0 fully saturated rings. The second kappa shape index (κ2) is 3.76. The van der Waals surface area contributed by atoms with Gasteiger partial charge in [0, 0.05) is 18.4 Å². The summed E-state index contributed by atoms with van der Waals surface area (Å²) in [6.45, 7) is 0. The van der Waals surface area contributed by atoms with Gasteiger partial charge in [-0.1, -0.05) is 5.57 Å². The lowest BCUT2D eigenvalue weighted by Gasteiger charge is -2.31. The highest BCUT2D eigenvalue weighted by Gasteiger charge is 2.30. The zero-order valence-corrected chi connectivity index (χ0v) is 9.30. The van der Waals surface area contributed by atoms with Gasteiger partial charge in [-0.3, -0.25) is 4.79 Å². The van der Waals surface area contributed by atoms with Crippen LogP contribution in [-0.4, -0.2) is 5.78 Å². The van der Waals surface area contributed by atoms with E-state index in [0.29, 0.717) is 31.2 Å². The number of halogens is 2. The molecule has 0 bridgehead atoms. The summed E-state index contributed by atoms with van der Waals surface area (Å²) in [5.41, 5.74) is 2.41. The molecule has 0 radical (unpaired) electrons. The monoisotopic (exact) mass is 234 g/mol. The van der Waals surface area contributed by atoms with Crippen molar-refractivity contribution in [1.29, 1.82) is 0 Å². The number of carbonyl (C=O) groups is 1. The minimum Gasteiger partial charge on any atom is -0.295 e. The summed E-state index contributed by atoms with van der Waals surface area (Å²) >= 11 is 0. The van der Waals surface area contributed by atoms with Gasteiger partial charge in [-0.25, -0.2) is 8.78 Å². The molecule has 1 aromatic rings. The molecule has 1 unspecified atom stereocenters. The van der Waals surface area contributed by atoms with Crippen molar-refractivity contribution in [3.05, 3.63) is 46.5 Å². The number of ketones is 1. The number of allylic oxidation sites excluding steroid dienone is 2. The Kier molecular flexibility index (Phi) is 2.35. The average Bonchev–Trinajstić information content (AvgIpc) is 2.27. The maximum Gasteiger partial charge on any atom is 0.155 e. The minimum absolute atomic E-state index is 0.0432. The van der Waals surface area contributed by atoms with E-state index in [0.717, 1.165) is 17.2 Å². The molecule has 3 rings (SSSR count). The van der Waals surface area contributed by atoms with Crippen LogP contribution in [0.5, 0.6) is 0 Å². The number of hydrogen-bond acceptors (Lipinski definition) is 1. The molecule has 1 atom stereocenters. The van der Waals surface area contributed by atoms with Crippen molar-refractivity contribution in [2.75, 3.05) is 0 Å². The molecule has 2 aliphatic rings. The molecule has 88 valence electrons. The Morgan fingerprint density at radius 1 is 1.12 bits per heavy atom. The second-order valence-electron chi connectivity index (χ2n) is 4.73. The van der Waals surface area contributed by atoms with Gasteiger partial charge in [0.1, 0.15) is 11.6 Å². The van der Waals surface area contributed by atoms with Crippen LogP contribution in [-0.2, 0) is 11.2 Å². The molecule has 0 aliphatic heterocycles. The first-order valence-electron chi connectivity index (χ1n) is 5.86. The molecule has 2 aliphatic carbocycles. The molecule has 0 saturated heterocycles. The molecule has 0 amide bonds. The van der Waals surface area contributed by atoms with E-state index in [2.05, 4.69) is 0 Å². The highest BCUT2D eigenvalue weighted by molar-refractivity contribution is 5.91. The number of hydrogen-bond donors (Lipinski definition) is 0. The van der Waals surface area contributed by atoms with Gasteiger partial charge in [0.05, 0.1) is 0 Å². The Labute approximate surface area is 98.1 Å². The highest BCUT2D eigenvalue weighted by Crippen LogP contribution is 2.42. The van der Waals surface area contributed by atoms with Gasteiger partial charge in [0.2, 0.25) is 0 Å². The number of benzene rings is 1. The van der Waals surface area contributed by atoms with Crippen molar-refractivity contribution < 1.29 is 13.6 Å². The first-order valence-corrected chi connectivity index (χ1v) is 5.86. The summed E-state index contributed by atoms with van der Waals surface area (Å²) in [5, 5.41) is 0. The third kappa shape index (κ3) is 1.70. The molecule has 1 aromatic carbocycles. The first-order chi connectivity index (χ1) is 8.15. The molecular weight excluding hydrogens is 222 g/mol. The van der Waals surface area contributed by atoms with Crippen LogP contribution in [0.15, 0.2) is 23.8 Å². The van der Waals surface area contributed by atoms with E-state index in [-0.39, 0.29) is 11.7 Å². The first kappa shape index (κ1) is 10.6. The standard InChI is InChI=1S/C14H12F2O/c15-9-6-13-11-4-2-10(17)5-8(11)1-3-12(13)14(16)7-9/h5-7,11H,1-4H2. The molecule has 0 saturated carbocycles. The van der Waals surface area contributed by atoms with Crippen LogP contribution in [0.25, 0.3) is 0 Å². The van der Waals surface area contributed by atoms with E-state index in [1.54, 1.807) is 6.08 Å². The molecule has 1 nitrogen and oxygen atoms in total.